The predicted octanol–water partition coefficient (Wildman–Crippen LogP) is 2.28. The molecule has 0 radical (unpaired) electrons. The molecule has 0 aliphatic heterocycles. The van der Waals surface area contributed by atoms with Gasteiger partial charge in [-0.15, -0.1) is 10.2 Å². The van der Waals surface area contributed by atoms with Crippen molar-refractivity contribution in [2.45, 2.75) is 25.2 Å². The Morgan fingerprint density at radius 3 is 2.50 bits per heavy atom. The zero-order chi connectivity index (χ0) is 13.7. The molecule has 0 unspecified atom stereocenters. The fourth-order valence-corrected chi connectivity index (χ4v) is 3.30. The van der Waals surface area contributed by atoms with E-state index in [2.05, 4.69) is 15.3 Å². The number of anilines is 2. The molecule has 0 bridgehead atoms. The molecular weight excluding hydrogens is 272 g/mol. The standard InChI is InChI=1S/C13H14N6S/c14-9-4-8(5-10(15)6-9)12-18-19-11(7-2-1-3-7)16-17-13(19)20-12/h4-7H,1-3,14-15H2. The van der Waals surface area contributed by atoms with Crippen LogP contribution < -0.4 is 11.5 Å². The molecule has 1 aliphatic carbocycles. The van der Waals surface area contributed by atoms with E-state index in [9.17, 15) is 0 Å². The first kappa shape index (κ1) is 11.7. The Hall–Kier alpha value is -2.15. The van der Waals surface area contributed by atoms with Crippen molar-refractivity contribution in [2.24, 2.45) is 0 Å². The average molecular weight is 286 g/mol. The van der Waals surface area contributed by atoms with Gasteiger partial charge in [-0.1, -0.05) is 17.8 Å². The molecule has 2 aromatic heterocycles. The van der Waals surface area contributed by atoms with Crippen LogP contribution in [-0.4, -0.2) is 19.8 Å². The predicted molar refractivity (Wildman–Crippen MR) is 79.5 cm³/mol. The lowest BCUT2D eigenvalue weighted by Gasteiger charge is -2.22. The maximum Gasteiger partial charge on any atom is 0.234 e. The highest BCUT2D eigenvalue weighted by Crippen LogP contribution is 2.36. The maximum absolute atomic E-state index is 5.84. The highest BCUT2D eigenvalue weighted by atomic mass is 32.1. The summed E-state index contributed by atoms with van der Waals surface area (Å²) in [5, 5.41) is 14.0. The van der Waals surface area contributed by atoms with Gasteiger partial charge in [-0.3, -0.25) is 0 Å². The van der Waals surface area contributed by atoms with Crippen LogP contribution in [0.25, 0.3) is 15.5 Å². The molecule has 20 heavy (non-hydrogen) atoms. The molecule has 1 saturated carbocycles. The quantitative estimate of drug-likeness (QED) is 0.705. The number of benzene rings is 1. The van der Waals surface area contributed by atoms with E-state index in [1.807, 2.05) is 16.6 Å². The van der Waals surface area contributed by atoms with Crippen LogP contribution >= 0.6 is 11.3 Å². The van der Waals surface area contributed by atoms with Crippen molar-refractivity contribution in [1.29, 1.82) is 0 Å². The number of nitrogens with two attached hydrogens (primary N) is 2. The van der Waals surface area contributed by atoms with E-state index < -0.39 is 0 Å². The molecule has 1 aliphatic rings. The van der Waals surface area contributed by atoms with Gasteiger partial charge in [0.25, 0.3) is 0 Å². The largest absolute Gasteiger partial charge is 0.399 e. The number of fused-ring (bicyclic) bond motifs is 1. The molecule has 1 aromatic carbocycles. The second-order valence-electron chi connectivity index (χ2n) is 5.18. The highest BCUT2D eigenvalue weighted by molar-refractivity contribution is 7.19. The van der Waals surface area contributed by atoms with Crippen molar-refractivity contribution in [3.63, 3.8) is 0 Å². The van der Waals surface area contributed by atoms with Gasteiger partial charge in [0.05, 0.1) is 0 Å². The summed E-state index contributed by atoms with van der Waals surface area (Å²) < 4.78 is 1.86. The van der Waals surface area contributed by atoms with Crippen LogP contribution in [0.4, 0.5) is 11.4 Å². The lowest BCUT2D eigenvalue weighted by Crippen LogP contribution is -2.12. The normalized spacial score (nSPS) is 15.6. The first-order chi connectivity index (χ1) is 9.70. The number of aromatic nitrogens is 4. The zero-order valence-electron chi connectivity index (χ0n) is 10.8. The molecule has 102 valence electrons. The number of nitrogen functional groups attached to an aromatic ring is 2. The Morgan fingerprint density at radius 2 is 1.85 bits per heavy atom. The fraction of sp³-hybridized carbons (Fsp3) is 0.308. The summed E-state index contributed by atoms with van der Waals surface area (Å²) in [5.41, 5.74) is 13.9. The lowest BCUT2D eigenvalue weighted by molar-refractivity contribution is 0.395. The third kappa shape index (κ3) is 1.74. The minimum atomic E-state index is 0.505. The van der Waals surface area contributed by atoms with E-state index in [1.54, 1.807) is 6.07 Å². The smallest absolute Gasteiger partial charge is 0.234 e. The first-order valence-electron chi connectivity index (χ1n) is 6.59. The van der Waals surface area contributed by atoms with Crippen molar-refractivity contribution in [2.75, 3.05) is 11.5 Å². The second-order valence-corrected chi connectivity index (χ2v) is 6.13. The number of hydrogen-bond donors (Lipinski definition) is 2. The molecule has 6 nitrogen and oxygen atoms in total. The molecule has 0 spiro atoms. The van der Waals surface area contributed by atoms with Crippen LogP contribution in [0.2, 0.25) is 0 Å². The van der Waals surface area contributed by atoms with Crippen molar-refractivity contribution in [3.05, 3.63) is 24.0 Å². The Balaban J connectivity index is 1.82. The summed E-state index contributed by atoms with van der Waals surface area (Å²) >= 11 is 1.51. The van der Waals surface area contributed by atoms with Gasteiger partial charge in [-0.25, -0.2) is 0 Å². The molecule has 7 heteroatoms. The SMILES string of the molecule is Nc1cc(N)cc(-c2nn3c(C4CCC4)nnc3s2)c1. The molecule has 4 N–H and O–H groups in total. The number of rotatable bonds is 2. The first-order valence-corrected chi connectivity index (χ1v) is 7.41. The van der Waals surface area contributed by atoms with Gasteiger partial charge in [-0.05, 0) is 31.0 Å². The van der Waals surface area contributed by atoms with E-state index in [1.165, 1.54) is 30.6 Å². The molecule has 3 aromatic rings. The average Bonchev–Trinajstić information content (AvgIpc) is 2.87. The Morgan fingerprint density at radius 1 is 1.10 bits per heavy atom. The minimum Gasteiger partial charge on any atom is -0.399 e. The topological polar surface area (TPSA) is 95.1 Å². The van der Waals surface area contributed by atoms with Crippen molar-refractivity contribution in [3.8, 4) is 10.6 Å². The summed E-state index contributed by atoms with van der Waals surface area (Å²) in [7, 11) is 0. The van der Waals surface area contributed by atoms with Gasteiger partial charge >= 0.3 is 0 Å². The van der Waals surface area contributed by atoms with E-state index in [0.29, 0.717) is 17.3 Å². The molecule has 2 heterocycles. The zero-order valence-corrected chi connectivity index (χ0v) is 11.6. The van der Waals surface area contributed by atoms with Crippen molar-refractivity contribution < 1.29 is 0 Å². The van der Waals surface area contributed by atoms with E-state index >= 15 is 0 Å². The third-order valence-corrected chi connectivity index (χ3v) is 4.66. The molecule has 1 fully saturated rings. The van der Waals surface area contributed by atoms with E-state index in [0.717, 1.165) is 21.4 Å². The van der Waals surface area contributed by atoms with Crippen LogP contribution in [0, 0.1) is 0 Å². The van der Waals surface area contributed by atoms with Gasteiger partial charge in [0.15, 0.2) is 5.82 Å². The highest BCUT2D eigenvalue weighted by Gasteiger charge is 2.26. The Kier molecular flexibility index (Phi) is 2.43. The van der Waals surface area contributed by atoms with Crippen LogP contribution in [0.5, 0.6) is 0 Å². The third-order valence-electron chi connectivity index (χ3n) is 3.71. The van der Waals surface area contributed by atoms with Gasteiger partial charge in [0.1, 0.15) is 5.01 Å². The molecule has 0 amide bonds. The Labute approximate surface area is 119 Å². The number of nitrogens with zero attached hydrogens (tertiary/aromatic N) is 4. The molecule has 0 atom stereocenters. The van der Waals surface area contributed by atoms with Crippen LogP contribution in [0.15, 0.2) is 18.2 Å². The summed E-state index contributed by atoms with van der Waals surface area (Å²) in [5.74, 6) is 1.48. The monoisotopic (exact) mass is 286 g/mol. The lowest BCUT2D eigenvalue weighted by atomic mass is 9.85. The minimum absolute atomic E-state index is 0.505. The van der Waals surface area contributed by atoms with Crippen LogP contribution in [0.3, 0.4) is 0 Å². The summed E-state index contributed by atoms with van der Waals surface area (Å²) in [4.78, 5) is 0.822. The van der Waals surface area contributed by atoms with E-state index in [4.69, 9.17) is 11.5 Å². The van der Waals surface area contributed by atoms with Crippen LogP contribution in [0.1, 0.15) is 31.0 Å². The fourth-order valence-electron chi connectivity index (χ4n) is 2.47. The molecular formula is C13H14N6S. The van der Waals surface area contributed by atoms with Gasteiger partial charge in [0.2, 0.25) is 4.96 Å². The van der Waals surface area contributed by atoms with Crippen molar-refractivity contribution >= 4 is 27.7 Å². The molecule has 4 rings (SSSR count). The molecule has 0 saturated heterocycles. The second kappa shape index (κ2) is 4.17. The van der Waals surface area contributed by atoms with Crippen LogP contribution in [-0.2, 0) is 0 Å². The van der Waals surface area contributed by atoms with Gasteiger partial charge in [0, 0.05) is 22.9 Å². The number of hydrogen-bond acceptors (Lipinski definition) is 6. The summed E-state index contributed by atoms with van der Waals surface area (Å²) in [6.07, 6.45) is 3.63. The van der Waals surface area contributed by atoms with E-state index in [-0.39, 0.29) is 0 Å². The summed E-state index contributed by atoms with van der Waals surface area (Å²) in [6.45, 7) is 0. The summed E-state index contributed by atoms with van der Waals surface area (Å²) in [6, 6.07) is 5.50. The van der Waals surface area contributed by atoms with Gasteiger partial charge in [-0.2, -0.15) is 9.61 Å². The maximum atomic E-state index is 5.84. The van der Waals surface area contributed by atoms with Crippen molar-refractivity contribution in [1.82, 2.24) is 19.8 Å². The Bertz CT molecular complexity index is 765. The van der Waals surface area contributed by atoms with Gasteiger partial charge < -0.3 is 11.5 Å².